The van der Waals surface area contributed by atoms with Crippen molar-refractivity contribution in [3.63, 3.8) is 0 Å². The summed E-state index contributed by atoms with van der Waals surface area (Å²) in [6.07, 6.45) is 6.49. The van der Waals surface area contributed by atoms with Gasteiger partial charge in [0.25, 0.3) is 5.91 Å². The van der Waals surface area contributed by atoms with E-state index in [-0.39, 0.29) is 51.3 Å². The van der Waals surface area contributed by atoms with Gasteiger partial charge in [0.05, 0.1) is 25.4 Å². The normalized spacial score (nSPS) is 35.2. The standard InChI is InChI=1S/C35H39N3O9/c39-13-12-36-32(40)24-3-1-2-23(14-24)17-37-34(42)35-16-27-28-29(44-19-43-28)31(35)47-38(30(35)33(41)46-27)18-22-8-5-20(6-9-22)4-7-21-10-11-25-26(15-21)45-25/h1-9,14,21,25-31,39H,10-13,15-19H2,(H,36,40)(H,37,42)/t21?,25?,26?,27-,28+,29+,30+,31-,35+/m1/s1. The minimum atomic E-state index is -1.27. The van der Waals surface area contributed by atoms with E-state index in [0.717, 1.165) is 30.4 Å². The SMILES string of the molecule is O=C(NCCO)c1cccc(CNC(=O)[C@@]23C[C@H]4OC(=O)[C@@H]2N(Cc2ccc(C=CC5CCC6OC6C5)cc2)O[C@@H]3[C@H]2OCO[C@H]24)c1. The number of hydroxylamine groups is 2. The summed E-state index contributed by atoms with van der Waals surface area (Å²) in [5.74, 6) is -0.646. The summed E-state index contributed by atoms with van der Waals surface area (Å²) < 4.78 is 23.3. The Morgan fingerprint density at radius 3 is 2.68 bits per heavy atom. The third-order valence-electron chi connectivity index (χ3n) is 10.5. The van der Waals surface area contributed by atoms with Crippen LogP contribution in [0.4, 0.5) is 0 Å². The van der Waals surface area contributed by atoms with E-state index in [4.69, 9.17) is 28.9 Å². The number of ether oxygens (including phenoxy) is 4. The highest BCUT2D eigenvalue weighted by atomic mass is 16.8. The van der Waals surface area contributed by atoms with E-state index in [9.17, 15) is 14.4 Å². The van der Waals surface area contributed by atoms with Gasteiger partial charge in [-0.25, -0.2) is 0 Å². The predicted octanol–water partition coefficient (Wildman–Crippen LogP) is 1.85. The molecule has 248 valence electrons. The molecule has 2 aromatic carbocycles. The first-order valence-corrected chi connectivity index (χ1v) is 16.5. The Morgan fingerprint density at radius 2 is 1.85 bits per heavy atom. The lowest BCUT2D eigenvalue weighted by molar-refractivity contribution is -0.201. The monoisotopic (exact) mass is 645 g/mol. The lowest BCUT2D eigenvalue weighted by Crippen LogP contribution is -2.69. The Labute approximate surface area is 272 Å². The van der Waals surface area contributed by atoms with Crippen molar-refractivity contribution in [3.8, 4) is 0 Å². The molecule has 0 aromatic heterocycles. The number of allylic oxidation sites excluding steroid dienone is 1. The molecule has 4 heterocycles. The number of nitrogens with zero attached hydrogens (tertiary/aromatic N) is 1. The highest BCUT2D eigenvalue weighted by molar-refractivity contribution is 5.95. The second kappa shape index (κ2) is 12.4. The highest BCUT2D eigenvalue weighted by Gasteiger charge is 2.74. The van der Waals surface area contributed by atoms with Gasteiger partial charge in [-0.15, -0.1) is 0 Å². The summed E-state index contributed by atoms with van der Waals surface area (Å²) >= 11 is 0. The van der Waals surface area contributed by atoms with Crippen molar-refractivity contribution in [1.29, 1.82) is 0 Å². The van der Waals surface area contributed by atoms with Gasteiger partial charge in [0.1, 0.15) is 36.6 Å². The Bertz CT molecular complexity index is 1570. The first kappa shape index (κ1) is 30.7. The van der Waals surface area contributed by atoms with E-state index in [1.807, 2.05) is 30.3 Å². The average Bonchev–Trinajstić information content (AvgIpc) is 3.52. The van der Waals surface area contributed by atoms with Gasteiger partial charge in [0.2, 0.25) is 5.91 Å². The van der Waals surface area contributed by atoms with Crippen molar-refractivity contribution in [1.82, 2.24) is 15.7 Å². The molecule has 6 aliphatic rings. The molecule has 2 aromatic rings. The Hall–Kier alpha value is -3.65. The topological polar surface area (TPSA) is 148 Å². The van der Waals surface area contributed by atoms with Gasteiger partial charge in [-0.05, 0) is 54.0 Å². The van der Waals surface area contributed by atoms with Crippen LogP contribution in [-0.2, 0) is 46.5 Å². The Balaban J connectivity index is 0.998. The van der Waals surface area contributed by atoms with E-state index in [1.54, 1.807) is 23.3 Å². The van der Waals surface area contributed by atoms with E-state index in [0.29, 0.717) is 29.3 Å². The molecule has 12 heteroatoms. The molecule has 6 fully saturated rings. The number of benzene rings is 2. The summed E-state index contributed by atoms with van der Waals surface area (Å²) in [6.45, 7) is 0.417. The molecule has 3 N–H and O–H groups in total. The van der Waals surface area contributed by atoms with Crippen molar-refractivity contribution in [3.05, 3.63) is 76.9 Å². The number of fused-ring (bicyclic) bond motifs is 5. The number of carbonyl (C=O) groups is 3. The number of hydrogen-bond acceptors (Lipinski definition) is 10. The molecule has 4 saturated heterocycles. The second-order valence-corrected chi connectivity index (χ2v) is 13.4. The lowest BCUT2D eigenvalue weighted by Gasteiger charge is -2.48. The van der Waals surface area contributed by atoms with Crippen LogP contribution in [0.5, 0.6) is 0 Å². The first-order valence-electron chi connectivity index (χ1n) is 16.5. The maximum absolute atomic E-state index is 14.3. The smallest absolute Gasteiger partial charge is 0.327 e. The van der Waals surface area contributed by atoms with E-state index in [1.165, 1.54) is 0 Å². The minimum Gasteiger partial charge on any atom is -0.458 e. The van der Waals surface area contributed by atoms with Gasteiger partial charge < -0.3 is 34.7 Å². The predicted molar refractivity (Wildman–Crippen MR) is 165 cm³/mol. The van der Waals surface area contributed by atoms with Crippen molar-refractivity contribution in [2.24, 2.45) is 11.3 Å². The zero-order chi connectivity index (χ0) is 32.1. The van der Waals surface area contributed by atoms with Crippen LogP contribution in [0.2, 0.25) is 0 Å². The molecule has 0 radical (unpaired) electrons. The van der Waals surface area contributed by atoms with Crippen LogP contribution in [0.15, 0.2) is 54.6 Å². The average molecular weight is 646 g/mol. The maximum atomic E-state index is 14.3. The summed E-state index contributed by atoms with van der Waals surface area (Å²) in [5.41, 5.74) is 1.88. The fourth-order valence-electron chi connectivity index (χ4n) is 8.04. The van der Waals surface area contributed by atoms with Crippen LogP contribution in [-0.4, -0.2) is 90.6 Å². The molecular weight excluding hydrogens is 606 g/mol. The number of nitrogens with one attached hydrogen (secondary N) is 2. The number of rotatable bonds is 10. The molecule has 9 atom stereocenters. The van der Waals surface area contributed by atoms with Crippen molar-refractivity contribution < 1.29 is 43.3 Å². The summed E-state index contributed by atoms with van der Waals surface area (Å²) in [7, 11) is 0. The van der Waals surface area contributed by atoms with Crippen molar-refractivity contribution in [2.45, 2.75) is 81.4 Å². The zero-order valence-electron chi connectivity index (χ0n) is 25.9. The van der Waals surface area contributed by atoms with Crippen LogP contribution in [0.25, 0.3) is 6.08 Å². The fraction of sp³-hybridized carbons (Fsp3) is 0.514. The molecule has 0 spiro atoms. The first-order chi connectivity index (χ1) is 22.9. The molecule has 4 aliphatic heterocycles. The van der Waals surface area contributed by atoms with Crippen LogP contribution in [0.3, 0.4) is 0 Å². The summed E-state index contributed by atoms with van der Waals surface area (Å²) in [6, 6.07) is 14.0. The molecule has 2 bridgehead atoms. The van der Waals surface area contributed by atoms with Crippen LogP contribution < -0.4 is 10.6 Å². The molecule has 47 heavy (non-hydrogen) atoms. The zero-order valence-corrected chi connectivity index (χ0v) is 25.9. The molecule has 2 saturated carbocycles. The summed E-state index contributed by atoms with van der Waals surface area (Å²) in [4.78, 5) is 46.8. The van der Waals surface area contributed by atoms with Gasteiger partial charge in [-0.1, -0.05) is 48.6 Å². The van der Waals surface area contributed by atoms with Crippen LogP contribution >= 0.6 is 0 Å². The third kappa shape index (κ3) is 5.66. The second-order valence-electron chi connectivity index (χ2n) is 13.4. The van der Waals surface area contributed by atoms with E-state index < -0.39 is 41.8 Å². The molecule has 3 unspecified atom stereocenters. The number of carbonyl (C=O) groups excluding carboxylic acids is 3. The number of aliphatic hydroxyl groups excluding tert-OH is 1. The van der Waals surface area contributed by atoms with Gasteiger partial charge in [0.15, 0.2) is 6.04 Å². The van der Waals surface area contributed by atoms with E-state index >= 15 is 0 Å². The minimum absolute atomic E-state index is 0.0286. The largest absolute Gasteiger partial charge is 0.458 e. The van der Waals surface area contributed by atoms with Crippen LogP contribution in [0, 0.1) is 11.3 Å². The Kier molecular flexibility index (Phi) is 8.11. The summed E-state index contributed by atoms with van der Waals surface area (Å²) in [5, 5.41) is 16.3. The number of aliphatic hydroxyl groups is 1. The molecule has 2 aliphatic carbocycles. The number of esters is 1. The quantitative estimate of drug-likeness (QED) is 0.258. The van der Waals surface area contributed by atoms with Gasteiger partial charge in [0, 0.05) is 25.1 Å². The molecule has 12 nitrogen and oxygen atoms in total. The van der Waals surface area contributed by atoms with Crippen molar-refractivity contribution in [2.75, 3.05) is 19.9 Å². The maximum Gasteiger partial charge on any atom is 0.327 e. The van der Waals surface area contributed by atoms with Gasteiger partial charge in [-0.2, -0.15) is 5.06 Å². The van der Waals surface area contributed by atoms with E-state index in [2.05, 4.69) is 22.8 Å². The van der Waals surface area contributed by atoms with Gasteiger partial charge >= 0.3 is 5.97 Å². The number of epoxide rings is 1. The lowest BCUT2D eigenvalue weighted by atomic mass is 9.62. The van der Waals surface area contributed by atoms with Crippen LogP contribution in [0.1, 0.15) is 52.7 Å². The number of hydrogen-bond donors (Lipinski definition) is 3. The third-order valence-corrected chi connectivity index (χ3v) is 10.5. The fourth-order valence-corrected chi connectivity index (χ4v) is 8.04. The molecular formula is C35H39N3O9. The van der Waals surface area contributed by atoms with Gasteiger partial charge in [-0.3, -0.25) is 19.2 Å². The van der Waals surface area contributed by atoms with Crippen molar-refractivity contribution >= 4 is 23.9 Å². The highest BCUT2D eigenvalue weighted by Crippen LogP contribution is 2.55. The molecule has 8 rings (SSSR count). The molecule has 2 amide bonds. The number of amides is 2. The Morgan fingerprint density at radius 1 is 1.00 bits per heavy atom.